The molecule has 0 radical (unpaired) electrons. The van der Waals surface area contributed by atoms with E-state index in [1.54, 1.807) is 0 Å². The highest BCUT2D eigenvalue weighted by Gasteiger charge is 2.76. The number of hydrogen-bond donors (Lipinski definition) is 0. The van der Waals surface area contributed by atoms with E-state index in [1.807, 2.05) is 0 Å². The van der Waals surface area contributed by atoms with Crippen LogP contribution in [0.4, 0.5) is 13.2 Å². The minimum atomic E-state index is -4.51. The number of fused-ring (bicyclic) bond motifs is 2. The van der Waals surface area contributed by atoms with Crippen LogP contribution >= 0.6 is 0 Å². The summed E-state index contributed by atoms with van der Waals surface area (Å²) in [6, 6.07) is 3.93. The number of carbonyl (C=O) groups is 3. The molecule has 192 valence electrons. The molecule has 1 aromatic carbocycles. The lowest BCUT2D eigenvalue weighted by molar-refractivity contribution is -0.254. The van der Waals surface area contributed by atoms with Crippen molar-refractivity contribution < 1.29 is 37.0 Å². The highest BCUT2D eigenvalue weighted by atomic mass is 19.4. The van der Waals surface area contributed by atoms with Crippen LogP contribution in [0.5, 0.6) is 0 Å². The first-order valence-corrected chi connectivity index (χ1v) is 12.7. The summed E-state index contributed by atoms with van der Waals surface area (Å²) in [5.74, 6) is -1.50. The largest absolute Gasteiger partial charge is 0.465 e. The van der Waals surface area contributed by atoms with Crippen LogP contribution in [0.25, 0.3) is 0 Å². The fourth-order valence-corrected chi connectivity index (χ4v) is 8.64. The van der Waals surface area contributed by atoms with Gasteiger partial charge in [0.25, 0.3) is 0 Å². The zero-order valence-electron chi connectivity index (χ0n) is 20.2. The van der Waals surface area contributed by atoms with Crippen LogP contribution in [0.15, 0.2) is 36.4 Å². The molecule has 1 aliphatic heterocycles. The molecule has 7 rings (SSSR count). The number of allylic oxidation sites excluding steroid dienone is 1. The van der Waals surface area contributed by atoms with Crippen molar-refractivity contribution in [3.05, 3.63) is 47.5 Å². The van der Waals surface area contributed by atoms with E-state index in [0.717, 1.165) is 43.5 Å². The van der Waals surface area contributed by atoms with Gasteiger partial charge in [0.15, 0.2) is 5.78 Å². The lowest BCUT2D eigenvalue weighted by atomic mass is 9.35. The first kappa shape index (κ1) is 23.7. The zero-order valence-corrected chi connectivity index (χ0v) is 20.2. The first-order chi connectivity index (χ1) is 16.9. The first-order valence-electron chi connectivity index (χ1n) is 12.7. The van der Waals surface area contributed by atoms with Gasteiger partial charge in [-0.25, -0.2) is 4.79 Å². The minimum absolute atomic E-state index is 0.00136. The third-order valence-electron chi connectivity index (χ3n) is 10.3. The van der Waals surface area contributed by atoms with Gasteiger partial charge in [-0.2, -0.15) is 13.2 Å². The predicted molar refractivity (Wildman–Crippen MR) is 122 cm³/mol. The summed E-state index contributed by atoms with van der Waals surface area (Å²) >= 11 is 0. The molecule has 36 heavy (non-hydrogen) atoms. The number of esters is 2. The van der Waals surface area contributed by atoms with Crippen LogP contribution in [0.2, 0.25) is 0 Å². The number of Topliss-reactive ketones (excluding diaryl/α,β-unsaturated/α-hetero) is 1. The van der Waals surface area contributed by atoms with Crippen LogP contribution in [0, 0.1) is 34.0 Å². The Kier molecular flexibility index (Phi) is 4.91. The number of alkyl halides is 3. The van der Waals surface area contributed by atoms with E-state index in [2.05, 4.69) is 13.5 Å². The van der Waals surface area contributed by atoms with Gasteiger partial charge in [0.2, 0.25) is 0 Å². The Bertz CT molecular complexity index is 1170. The number of halogens is 3. The Hall–Kier alpha value is -2.64. The van der Waals surface area contributed by atoms with E-state index in [4.69, 9.17) is 9.47 Å². The molecule has 5 aliphatic carbocycles. The monoisotopic (exact) mass is 502 g/mol. The predicted octanol–water partition coefficient (Wildman–Crippen LogP) is 5.53. The van der Waals surface area contributed by atoms with Crippen molar-refractivity contribution in [1.29, 1.82) is 0 Å². The van der Waals surface area contributed by atoms with Gasteiger partial charge in [-0.1, -0.05) is 19.9 Å². The number of benzene rings is 1. The second kappa shape index (κ2) is 7.45. The summed E-state index contributed by atoms with van der Waals surface area (Å²) in [4.78, 5) is 40.6. The highest BCUT2D eigenvalue weighted by molar-refractivity contribution is 6.03. The van der Waals surface area contributed by atoms with Crippen LogP contribution < -0.4 is 0 Å². The second-order valence-corrected chi connectivity index (χ2v) is 11.8. The van der Waals surface area contributed by atoms with Gasteiger partial charge >= 0.3 is 18.1 Å². The van der Waals surface area contributed by atoms with E-state index in [1.165, 1.54) is 0 Å². The van der Waals surface area contributed by atoms with E-state index in [9.17, 15) is 27.6 Å². The molecule has 5 nitrogen and oxygen atoms in total. The van der Waals surface area contributed by atoms with E-state index < -0.39 is 34.6 Å². The summed E-state index contributed by atoms with van der Waals surface area (Å²) in [6.45, 7) is 6.49. The average molecular weight is 503 g/mol. The summed E-state index contributed by atoms with van der Waals surface area (Å²) in [5.41, 5.74) is -2.43. The number of carbonyl (C=O) groups excluding carboxylic acids is 3. The molecule has 4 bridgehead atoms. The minimum Gasteiger partial charge on any atom is -0.465 e. The molecule has 1 spiro atoms. The number of ether oxygens (including phenoxy) is 2. The van der Waals surface area contributed by atoms with Gasteiger partial charge in [-0.3, -0.25) is 9.59 Å². The van der Waals surface area contributed by atoms with Crippen molar-refractivity contribution in [2.75, 3.05) is 6.61 Å². The van der Waals surface area contributed by atoms with Crippen LogP contribution in [0.3, 0.4) is 0 Å². The Labute approximate surface area is 207 Å². The second-order valence-electron chi connectivity index (χ2n) is 11.8. The van der Waals surface area contributed by atoms with Crippen LogP contribution in [-0.4, -0.2) is 30.4 Å². The molecule has 0 N–H and O–H groups in total. The highest BCUT2D eigenvalue weighted by Crippen LogP contribution is 2.73. The third-order valence-corrected chi connectivity index (χ3v) is 10.3. The number of cyclic esters (lactones) is 1. The van der Waals surface area contributed by atoms with E-state index in [0.29, 0.717) is 37.9 Å². The van der Waals surface area contributed by atoms with Crippen molar-refractivity contribution >= 4 is 17.7 Å². The maximum absolute atomic E-state index is 13.9. The lowest BCUT2D eigenvalue weighted by Gasteiger charge is -2.69. The summed E-state index contributed by atoms with van der Waals surface area (Å²) in [7, 11) is 0. The molecule has 6 aliphatic rings. The fourth-order valence-electron chi connectivity index (χ4n) is 8.64. The van der Waals surface area contributed by atoms with Gasteiger partial charge in [-0.15, -0.1) is 0 Å². The Morgan fingerprint density at radius 3 is 2.47 bits per heavy atom. The summed E-state index contributed by atoms with van der Waals surface area (Å²) in [6.07, 6.45) is -0.622. The van der Waals surface area contributed by atoms with Gasteiger partial charge in [0.1, 0.15) is 6.10 Å². The lowest BCUT2D eigenvalue weighted by Crippen LogP contribution is -2.73. The zero-order chi connectivity index (χ0) is 25.7. The maximum Gasteiger partial charge on any atom is 0.416 e. The van der Waals surface area contributed by atoms with Crippen molar-refractivity contribution in [2.24, 2.45) is 34.0 Å². The Morgan fingerprint density at radius 1 is 1.06 bits per heavy atom. The molecule has 1 heterocycles. The third kappa shape index (κ3) is 2.93. The van der Waals surface area contributed by atoms with Crippen molar-refractivity contribution in [1.82, 2.24) is 0 Å². The van der Waals surface area contributed by atoms with Crippen LogP contribution in [0.1, 0.15) is 67.8 Å². The van der Waals surface area contributed by atoms with Crippen molar-refractivity contribution in [3.8, 4) is 0 Å². The molecule has 8 heteroatoms. The maximum atomic E-state index is 13.9. The number of ketones is 1. The van der Waals surface area contributed by atoms with E-state index >= 15 is 0 Å². The van der Waals surface area contributed by atoms with Crippen molar-refractivity contribution in [3.63, 3.8) is 0 Å². The van der Waals surface area contributed by atoms with Gasteiger partial charge < -0.3 is 9.47 Å². The molecule has 0 amide bonds. The SMILES string of the molecule is C=C1C(=O)C23CC[C@H]1CC2[C@@]12CCC[C@@](C)(COC1=O)C2C[C@H]3OC(=O)c1ccc(C(F)(F)F)cc1. The molecular weight excluding hydrogens is 473 g/mol. The molecular formula is C28H29F3O5. The molecule has 6 fully saturated rings. The molecule has 0 aromatic heterocycles. The average Bonchev–Trinajstić information content (AvgIpc) is 2.84. The topological polar surface area (TPSA) is 69.7 Å². The molecule has 7 atom stereocenters. The van der Waals surface area contributed by atoms with Crippen LogP contribution in [-0.2, 0) is 25.2 Å². The smallest absolute Gasteiger partial charge is 0.416 e. The Morgan fingerprint density at radius 2 is 1.78 bits per heavy atom. The van der Waals surface area contributed by atoms with Gasteiger partial charge in [0, 0.05) is 5.41 Å². The fraction of sp³-hybridized carbons (Fsp3) is 0.607. The Balaban J connectivity index is 1.41. The summed E-state index contributed by atoms with van der Waals surface area (Å²) in [5, 5.41) is 0. The summed E-state index contributed by atoms with van der Waals surface area (Å²) < 4.78 is 50.8. The number of hydrogen-bond acceptors (Lipinski definition) is 5. The standard InChI is InChI=1S/C28H29F3O5/c1-15-17-8-11-27(22(15)32)20(12-17)26-10-3-9-25(2,14-35-24(26)34)19(26)13-21(27)36-23(33)16-4-6-18(7-5-16)28(29,30)31/h4-7,17,19-21H,1,3,8-14H2,2H3/t17-,19?,20?,21+,25-,26-,27?/m0/s1. The normalized spacial score (nSPS) is 41.3. The quantitative estimate of drug-likeness (QED) is 0.393. The number of rotatable bonds is 2. The van der Waals surface area contributed by atoms with Crippen molar-refractivity contribution in [2.45, 2.75) is 64.1 Å². The molecule has 5 saturated carbocycles. The molecule has 1 saturated heterocycles. The van der Waals surface area contributed by atoms with Gasteiger partial charge in [-0.05, 0) is 86.1 Å². The molecule has 1 aromatic rings. The molecule has 3 unspecified atom stereocenters. The van der Waals surface area contributed by atoms with E-state index in [-0.39, 0.29) is 40.5 Å². The van der Waals surface area contributed by atoms with Gasteiger partial charge in [0.05, 0.1) is 28.6 Å².